The van der Waals surface area contributed by atoms with E-state index in [1.165, 1.54) is 4.31 Å². The van der Waals surface area contributed by atoms with Crippen LogP contribution in [0.15, 0.2) is 54.6 Å². The van der Waals surface area contributed by atoms with E-state index in [2.05, 4.69) is 0 Å². The number of amides is 1. The highest BCUT2D eigenvalue weighted by Gasteiger charge is 2.29. The first-order chi connectivity index (χ1) is 13.8. The van der Waals surface area contributed by atoms with Crippen LogP contribution in [0.5, 0.6) is 0 Å². The SMILES string of the molecule is Cc1ccc(C(=O)CCC(=O)N2CCN(S(=O)(=O)Cc3ccccc3)CC2)cc1. The molecule has 0 aliphatic carbocycles. The predicted molar refractivity (Wildman–Crippen MR) is 112 cm³/mol. The van der Waals surface area contributed by atoms with Gasteiger partial charge in [0, 0.05) is 44.6 Å². The second-order valence-corrected chi connectivity index (χ2v) is 9.28. The van der Waals surface area contributed by atoms with E-state index in [1.807, 2.05) is 37.3 Å². The maximum absolute atomic E-state index is 12.6. The number of aryl methyl sites for hydroxylation is 1. The second-order valence-electron chi connectivity index (χ2n) is 7.31. The zero-order valence-electron chi connectivity index (χ0n) is 16.6. The molecule has 0 aromatic heterocycles. The van der Waals surface area contributed by atoms with Crippen molar-refractivity contribution < 1.29 is 18.0 Å². The fraction of sp³-hybridized carbons (Fsp3) is 0.364. The summed E-state index contributed by atoms with van der Waals surface area (Å²) in [5.74, 6) is -0.194. The number of hydrogen-bond donors (Lipinski definition) is 0. The zero-order valence-corrected chi connectivity index (χ0v) is 17.4. The van der Waals surface area contributed by atoms with Gasteiger partial charge in [0.1, 0.15) is 0 Å². The van der Waals surface area contributed by atoms with Gasteiger partial charge in [-0.2, -0.15) is 4.31 Å². The van der Waals surface area contributed by atoms with Crippen LogP contribution in [0.1, 0.15) is 34.3 Å². The number of Topliss-reactive ketones (excluding diaryl/α,β-unsaturated/α-hetero) is 1. The molecule has 3 rings (SSSR count). The molecule has 1 saturated heterocycles. The highest BCUT2D eigenvalue weighted by molar-refractivity contribution is 7.88. The van der Waals surface area contributed by atoms with Gasteiger partial charge in [-0.3, -0.25) is 9.59 Å². The Balaban J connectivity index is 1.47. The number of nitrogens with zero attached hydrogens (tertiary/aromatic N) is 2. The first kappa shape index (κ1) is 21.2. The molecule has 29 heavy (non-hydrogen) atoms. The van der Waals surface area contributed by atoms with Crippen LogP contribution in [0.25, 0.3) is 0 Å². The van der Waals surface area contributed by atoms with E-state index < -0.39 is 10.0 Å². The highest BCUT2D eigenvalue weighted by Crippen LogP contribution is 2.15. The van der Waals surface area contributed by atoms with Crippen LogP contribution in [0.2, 0.25) is 0 Å². The largest absolute Gasteiger partial charge is 0.340 e. The third-order valence-electron chi connectivity index (χ3n) is 5.12. The molecule has 0 radical (unpaired) electrons. The molecule has 0 spiro atoms. The van der Waals surface area contributed by atoms with Gasteiger partial charge in [-0.1, -0.05) is 60.2 Å². The Labute approximate surface area is 172 Å². The Bertz CT molecular complexity index is 948. The van der Waals surface area contributed by atoms with E-state index in [4.69, 9.17) is 0 Å². The first-order valence-corrected chi connectivity index (χ1v) is 11.4. The second kappa shape index (κ2) is 9.33. The minimum atomic E-state index is -3.41. The molecule has 0 unspecified atom stereocenters. The van der Waals surface area contributed by atoms with Gasteiger partial charge in [-0.05, 0) is 12.5 Å². The molecule has 7 heteroatoms. The average Bonchev–Trinajstić information content (AvgIpc) is 2.73. The lowest BCUT2D eigenvalue weighted by atomic mass is 10.0. The number of carbonyl (C=O) groups is 2. The summed E-state index contributed by atoms with van der Waals surface area (Å²) in [4.78, 5) is 26.3. The topological polar surface area (TPSA) is 74.8 Å². The Kier molecular flexibility index (Phi) is 6.82. The molecule has 154 valence electrons. The van der Waals surface area contributed by atoms with E-state index in [9.17, 15) is 18.0 Å². The van der Waals surface area contributed by atoms with E-state index in [0.29, 0.717) is 18.7 Å². The maximum atomic E-state index is 12.6. The van der Waals surface area contributed by atoms with Gasteiger partial charge < -0.3 is 4.90 Å². The highest BCUT2D eigenvalue weighted by atomic mass is 32.2. The average molecular weight is 415 g/mol. The molecule has 0 saturated carbocycles. The van der Waals surface area contributed by atoms with Gasteiger partial charge in [-0.25, -0.2) is 8.42 Å². The summed E-state index contributed by atoms with van der Waals surface area (Å²) in [6.07, 6.45) is 0.303. The Hall–Kier alpha value is -2.51. The van der Waals surface area contributed by atoms with Crippen LogP contribution in [0, 0.1) is 6.92 Å². The lowest BCUT2D eigenvalue weighted by molar-refractivity contribution is -0.132. The van der Waals surface area contributed by atoms with E-state index in [-0.39, 0.29) is 43.4 Å². The van der Waals surface area contributed by atoms with Crippen LogP contribution < -0.4 is 0 Å². The summed E-state index contributed by atoms with van der Waals surface area (Å²) >= 11 is 0. The van der Waals surface area contributed by atoms with E-state index >= 15 is 0 Å². The monoisotopic (exact) mass is 414 g/mol. The molecular formula is C22H26N2O4S. The number of sulfonamides is 1. The van der Waals surface area contributed by atoms with Crippen molar-refractivity contribution in [3.8, 4) is 0 Å². The quantitative estimate of drug-likeness (QED) is 0.653. The number of carbonyl (C=O) groups excluding carboxylic acids is 2. The molecule has 1 heterocycles. The summed E-state index contributed by atoms with van der Waals surface area (Å²) in [7, 11) is -3.41. The number of hydrogen-bond acceptors (Lipinski definition) is 4. The molecule has 0 bridgehead atoms. The standard InChI is InChI=1S/C22H26N2O4S/c1-18-7-9-20(10-8-18)21(25)11-12-22(26)23-13-15-24(16-14-23)29(27,28)17-19-5-3-2-4-6-19/h2-10H,11-17H2,1H3. The number of ketones is 1. The fourth-order valence-electron chi connectivity index (χ4n) is 3.35. The zero-order chi connectivity index (χ0) is 20.9. The normalized spacial score (nSPS) is 15.3. The van der Waals surface area contributed by atoms with Crippen LogP contribution in [0.3, 0.4) is 0 Å². The number of piperazine rings is 1. The van der Waals surface area contributed by atoms with E-state index in [1.54, 1.807) is 29.2 Å². The smallest absolute Gasteiger partial charge is 0.223 e. The first-order valence-electron chi connectivity index (χ1n) is 9.74. The van der Waals surface area contributed by atoms with Crippen molar-refractivity contribution in [3.05, 3.63) is 71.3 Å². The molecule has 0 atom stereocenters. The van der Waals surface area contributed by atoms with Crippen LogP contribution in [-0.4, -0.2) is 55.5 Å². The maximum Gasteiger partial charge on any atom is 0.223 e. The third-order valence-corrected chi connectivity index (χ3v) is 6.97. The van der Waals surface area contributed by atoms with Crippen LogP contribution in [-0.2, 0) is 20.6 Å². The Morgan fingerprint density at radius 1 is 0.862 bits per heavy atom. The van der Waals surface area contributed by atoms with Gasteiger partial charge in [0.15, 0.2) is 5.78 Å². The van der Waals surface area contributed by atoms with Crippen LogP contribution in [0.4, 0.5) is 0 Å². The van der Waals surface area contributed by atoms with E-state index in [0.717, 1.165) is 11.1 Å². The van der Waals surface area contributed by atoms with Crippen molar-refractivity contribution in [1.82, 2.24) is 9.21 Å². The molecule has 1 aliphatic heterocycles. The predicted octanol–water partition coefficient (Wildman–Crippen LogP) is 2.63. The van der Waals surface area contributed by atoms with Crippen molar-refractivity contribution in [3.63, 3.8) is 0 Å². The summed E-state index contributed by atoms with van der Waals surface area (Å²) in [6, 6.07) is 16.4. The van der Waals surface area contributed by atoms with Crippen molar-refractivity contribution in [2.75, 3.05) is 26.2 Å². The minimum Gasteiger partial charge on any atom is -0.340 e. The minimum absolute atomic E-state index is 0.0349. The lowest BCUT2D eigenvalue weighted by Crippen LogP contribution is -2.50. The van der Waals surface area contributed by atoms with Crippen LogP contribution >= 0.6 is 0 Å². The Morgan fingerprint density at radius 2 is 1.48 bits per heavy atom. The molecule has 1 aliphatic rings. The molecular weight excluding hydrogens is 388 g/mol. The lowest BCUT2D eigenvalue weighted by Gasteiger charge is -2.34. The number of benzene rings is 2. The molecule has 6 nitrogen and oxygen atoms in total. The van der Waals surface area contributed by atoms with Crippen molar-refractivity contribution >= 4 is 21.7 Å². The molecule has 1 amide bonds. The van der Waals surface area contributed by atoms with Gasteiger partial charge in [-0.15, -0.1) is 0 Å². The van der Waals surface area contributed by atoms with Gasteiger partial charge in [0.05, 0.1) is 5.75 Å². The van der Waals surface area contributed by atoms with Gasteiger partial charge in [0.2, 0.25) is 15.9 Å². The summed E-state index contributed by atoms with van der Waals surface area (Å²) < 4.78 is 26.7. The summed E-state index contributed by atoms with van der Waals surface area (Å²) in [6.45, 7) is 3.23. The third kappa shape index (κ3) is 5.74. The summed E-state index contributed by atoms with van der Waals surface area (Å²) in [5.41, 5.74) is 2.44. The molecule has 0 N–H and O–H groups in total. The van der Waals surface area contributed by atoms with Crippen molar-refractivity contribution in [2.45, 2.75) is 25.5 Å². The van der Waals surface area contributed by atoms with Crippen molar-refractivity contribution in [1.29, 1.82) is 0 Å². The number of rotatable bonds is 7. The molecule has 2 aromatic rings. The molecule has 2 aromatic carbocycles. The summed E-state index contributed by atoms with van der Waals surface area (Å²) in [5, 5.41) is 0. The van der Waals surface area contributed by atoms with Gasteiger partial charge in [0.25, 0.3) is 0 Å². The van der Waals surface area contributed by atoms with Crippen molar-refractivity contribution in [2.24, 2.45) is 0 Å². The fourth-order valence-corrected chi connectivity index (χ4v) is 4.87. The molecule has 1 fully saturated rings. The van der Waals surface area contributed by atoms with Gasteiger partial charge >= 0.3 is 0 Å². The Morgan fingerprint density at radius 3 is 2.10 bits per heavy atom.